The highest BCUT2D eigenvalue weighted by molar-refractivity contribution is 5.59. The first-order chi connectivity index (χ1) is 8.97. The fourth-order valence-corrected chi connectivity index (χ4v) is 1.48. The zero-order valence-corrected chi connectivity index (χ0v) is 9.46. The van der Waals surface area contributed by atoms with Crippen molar-refractivity contribution in [1.29, 1.82) is 0 Å². The molecule has 0 aliphatic rings. The smallest absolute Gasteiger partial charge is 0.393 e. The van der Waals surface area contributed by atoms with Crippen LogP contribution in [-0.2, 0) is 6.54 Å². The van der Waals surface area contributed by atoms with Crippen molar-refractivity contribution in [2.45, 2.75) is 6.54 Å². The molecule has 0 amide bonds. The molecular weight excluding hydrogens is 256 g/mol. The Kier molecular flexibility index (Phi) is 3.06. The second-order valence-electron chi connectivity index (χ2n) is 3.65. The number of nitrogens with two attached hydrogens (primary N) is 1. The van der Waals surface area contributed by atoms with Gasteiger partial charge in [-0.15, -0.1) is 0 Å². The average Bonchev–Trinajstić information content (AvgIpc) is 2.80. The minimum absolute atomic E-state index is 0.0540. The van der Waals surface area contributed by atoms with Gasteiger partial charge in [0.15, 0.2) is 0 Å². The maximum Gasteiger partial charge on any atom is 0.490 e. The maximum atomic E-state index is 10.7. The molecule has 2 rings (SSSR count). The van der Waals surface area contributed by atoms with E-state index in [1.54, 1.807) is 6.07 Å². The molecule has 10 heteroatoms. The van der Waals surface area contributed by atoms with E-state index in [2.05, 4.69) is 10.1 Å². The van der Waals surface area contributed by atoms with Crippen LogP contribution in [0.4, 0.5) is 17.3 Å². The second kappa shape index (κ2) is 4.68. The fourth-order valence-electron chi connectivity index (χ4n) is 1.48. The molecule has 1 heterocycles. The van der Waals surface area contributed by atoms with Gasteiger partial charge < -0.3 is 15.8 Å². The third-order valence-electron chi connectivity index (χ3n) is 2.32. The lowest BCUT2D eigenvalue weighted by molar-refractivity contribution is -0.394. The van der Waals surface area contributed by atoms with E-state index in [1.807, 2.05) is 0 Å². The molecule has 0 fully saturated rings. The van der Waals surface area contributed by atoms with Gasteiger partial charge in [-0.1, -0.05) is 11.1 Å². The average molecular weight is 264 g/mol. The predicted molar refractivity (Wildman–Crippen MR) is 63.3 cm³/mol. The molecule has 0 aliphatic heterocycles. The molecule has 0 saturated heterocycles. The summed E-state index contributed by atoms with van der Waals surface area (Å²) in [5.41, 5.74) is 5.84. The van der Waals surface area contributed by atoms with Gasteiger partial charge in [-0.25, -0.2) is 0 Å². The van der Waals surface area contributed by atoms with E-state index in [4.69, 9.17) is 5.73 Å². The molecular formula is C9H8N6O4. The van der Waals surface area contributed by atoms with Crippen LogP contribution in [0.2, 0.25) is 0 Å². The second-order valence-corrected chi connectivity index (χ2v) is 3.65. The molecule has 2 aromatic rings. The van der Waals surface area contributed by atoms with Crippen LogP contribution in [-0.4, -0.2) is 24.6 Å². The summed E-state index contributed by atoms with van der Waals surface area (Å²) in [4.78, 5) is 23.3. The highest BCUT2D eigenvalue weighted by atomic mass is 16.6. The van der Waals surface area contributed by atoms with Crippen LogP contribution in [0.5, 0.6) is 0 Å². The van der Waals surface area contributed by atoms with Crippen LogP contribution in [0.1, 0.15) is 5.56 Å². The Labute approximate surface area is 105 Å². The van der Waals surface area contributed by atoms with Gasteiger partial charge in [0.25, 0.3) is 5.69 Å². The minimum Gasteiger partial charge on any atom is -0.393 e. The van der Waals surface area contributed by atoms with Gasteiger partial charge in [0, 0.05) is 11.2 Å². The number of rotatable bonds is 4. The van der Waals surface area contributed by atoms with Crippen molar-refractivity contribution in [2.75, 3.05) is 5.73 Å². The highest BCUT2D eigenvalue weighted by Crippen LogP contribution is 2.22. The number of nitro benzene ring substituents is 1. The largest absolute Gasteiger partial charge is 0.490 e. The summed E-state index contributed by atoms with van der Waals surface area (Å²) in [6, 6.07) is 4.28. The number of anilines is 1. The summed E-state index contributed by atoms with van der Waals surface area (Å²) in [5.74, 6) is -0.523. The quantitative estimate of drug-likeness (QED) is 0.486. The summed E-state index contributed by atoms with van der Waals surface area (Å²) < 4.78 is 1.22. The van der Waals surface area contributed by atoms with E-state index < -0.39 is 15.8 Å². The topological polar surface area (TPSA) is 143 Å². The molecule has 0 unspecified atom stereocenters. The Balaban J connectivity index is 2.25. The van der Waals surface area contributed by atoms with Gasteiger partial charge in [-0.3, -0.25) is 10.1 Å². The third-order valence-corrected chi connectivity index (χ3v) is 2.32. The van der Waals surface area contributed by atoms with Crippen LogP contribution < -0.4 is 5.73 Å². The van der Waals surface area contributed by atoms with Gasteiger partial charge >= 0.3 is 5.95 Å². The summed E-state index contributed by atoms with van der Waals surface area (Å²) >= 11 is 0. The number of aromatic nitrogens is 3. The first-order valence-corrected chi connectivity index (χ1v) is 5.04. The zero-order valence-electron chi connectivity index (χ0n) is 9.46. The lowest BCUT2D eigenvalue weighted by atomic mass is 10.2. The number of nitro groups is 2. The molecule has 0 saturated carbocycles. The molecule has 0 atom stereocenters. The van der Waals surface area contributed by atoms with Crippen LogP contribution in [0.15, 0.2) is 24.5 Å². The van der Waals surface area contributed by atoms with Crippen molar-refractivity contribution >= 4 is 17.3 Å². The monoisotopic (exact) mass is 264 g/mol. The summed E-state index contributed by atoms with van der Waals surface area (Å²) in [6.07, 6.45) is 1.18. The Morgan fingerprint density at radius 1 is 1.26 bits per heavy atom. The van der Waals surface area contributed by atoms with E-state index in [0.717, 1.165) is 0 Å². The predicted octanol–water partition coefficient (Wildman–Crippen LogP) is 0.725. The summed E-state index contributed by atoms with van der Waals surface area (Å²) in [5, 5.41) is 24.7. The van der Waals surface area contributed by atoms with Crippen LogP contribution in [0.3, 0.4) is 0 Å². The minimum atomic E-state index is -0.720. The van der Waals surface area contributed by atoms with E-state index in [0.29, 0.717) is 5.56 Å². The third kappa shape index (κ3) is 2.62. The van der Waals surface area contributed by atoms with Crippen molar-refractivity contribution in [1.82, 2.24) is 14.8 Å². The van der Waals surface area contributed by atoms with Crippen molar-refractivity contribution < 1.29 is 9.85 Å². The maximum absolute atomic E-state index is 10.7. The molecule has 10 nitrogen and oxygen atoms in total. The van der Waals surface area contributed by atoms with Crippen LogP contribution in [0.25, 0.3) is 0 Å². The van der Waals surface area contributed by atoms with Crippen molar-refractivity contribution in [3.63, 3.8) is 0 Å². The first kappa shape index (κ1) is 12.4. The molecule has 1 aromatic carbocycles. The number of hydrogen-bond donors (Lipinski definition) is 1. The fraction of sp³-hybridized carbons (Fsp3) is 0.111. The van der Waals surface area contributed by atoms with E-state index >= 15 is 0 Å². The van der Waals surface area contributed by atoms with Gasteiger partial charge in [0.2, 0.25) is 6.33 Å². The standard InChI is InChI=1S/C9H8N6O4/c10-7-2-1-6(3-8(7)14(16)17)4-13-5-11-9(12-13)15(18)19/h1-3,5H,4,10H2. The summed E-state index contributed by atoms with van der Waals surface area (Å²) in [6.45, 7) is 0.127. The lowest BCUT2D eigenvalue weighted by Gasteiger charge is -2.01. The Hall–Kier alpha value is -3.04. The SMILES string of the molecule is Nc1ccc(Cn2cnc([N+](=O)[O-])n2)cc1[N+](=O)[O-]. The molecule has 2 N–H and O–H groups in total. The number of hydrogen-bond acceptors (Lipinski definition) is 7. The molecule has 0 spiro atoms. The van der Waals surface area contributed by atoms with Crippen molar-refractivity contribution in [3.05, 3.63) is 50.3 Å². The molecule has 1 aromatic heterocycles. The first-order valence-electron chi connectivity index (χ1n) is 5.04. The summed E-state index contributed by atoms with van der Waals surface area (Å²) in [7, 11) is 0. The van der Waals surface area contributed by atoms with E-state index in [1.165, 1.54) is 23.1 Å². The van der Waals surface area contributed by atoms with Gasteiger partial charge in [-0.2, -0.15) is 4.68 Å². The number of nitrogens with zero attached hydrogens (tertiary/aromatic N) is 5. The zero-order chi connectivity index (χ0) is 14.0. The van der Waals surface area contributed by atoms with Gasteiger partial charge in [0.05, 0.1) is 11.5 Å². The van der Waals surface area contributed by atoms with Crippen LogP contribution >= 0.6 is 0 Å². The van der Waals surface area contributed by atoms with E-state index in [9.17, 15) is 20.2 Å². The van der Waals surface area contributed by atoms with Crippen molar-refractivity contribution in [3.8, 4) is 0 Å². The lowest BCUT2D eigenvalue weighted by Crippen LogP contribution is -2.03. The molecule has 0 radical (unpaired) electrons. The van der Waals surface area contributed by atoms with Crippen LogP contribution in [0, 0.1) is 20.2 Å². The molecule has 0 aliphatic carbocycles. The highest BCUT2D eigenvalue weighted by Gasteiger charge is 2.15. The Morgan fingerprint density at radius 3 is 2.58 bits per heavy atom. The molecule has 19 heavy (non-hydrogen) atoms. The van der Waals surface area contributed by atoms with Gasteiger partial charge in [0.1, 0.15) is 5.69 Å². The van der Waals surface area contributed by atoms with Crippen molar-refractivity contribution in [2.24, 2.45) is 0 Å². The Bertz CT molecular complexity index is 652. The normalized spacial score (nSPS) is 10.3. The number of benzene rings is 1. The Morgan fingerprint density at radius 2 is 2.00 bits per heavy atom. The number of nitrogen functional groups attached to an aromatic ring is 1. The van der Waals surface area contributed by atoms with Gasteiger partial charge in [-0.05, 0) is 16.6 Å². The molecule has 0 bridgehead atoms. The molecule has 98 valence electrons. The van der Waals surface area contributed by atoms with E-state index in [-0.39, 0.29) is 17.9 Å².